The van der Waals surface area contributed by atoms with E-state index in [4.69, 9.17) is 13.8 Å². The third-order valence-electron chi connectivity index (χ3n) is 10.3. The number of aliphatic hydroxyl groups is 1. The van der Waals surface area contributed by atoms with Crippen molar-refractivity contribution in [3.63, 3.8) is 0 Å². The van der Waals surface area contributed by atoms with Crippen LogP contribution in [0.25, 0.3) is 0 Å². The van der Waals surface area contributed by atoms with Crippen molar-refractivity contribution in [2.75, 3.05) is 19.8 Å². The summed E-state index contributed by atoms with van der Waals surface area (Å²) in [4.78, 5) is 46.0. The van der Waals surface area contributed by atoms with Crippen LogP contribution in [0.15, 0.2) is 48.6 Å². The molecule has 0 rings (SSSR count). The topological polar surface area (TPSA) is 169 Å². The first kappa shape index (κ1) is 58.4. The molecule has 0 aromatic heterocycles. The lowest BCUT2D eigenvalue weighted by molar-refractivity contribution is -0.147. The van der Waals surface area contributed by atoms with Crippen LogP contribution in [0.4, 0.5) is 0 Å². The second-order valence-electron chi connectivity index (χ2n) is 16.3. The fraction of sp³-hybridized carbons (Fsp3) is 0.776. The van der Waals surface area contributed by atoms with Gasteiger partial charge in [0, 0.05) is 12.8 Å². The molecule has 0 aromatic carbocycles. The molecule has 0 aliphatic carbocycles. The number of aliphatic hydroxyl groups excluding tert-OH is 1. The minimum atomic E-state index is -4.76. The highest BCUT2D eigenvalue weighted by molar-refractivity contribution is 7.47. The predicted octanol–water partition coefficient (Wildman–Crippen LogP) is 13.0. The van der Waals surface area contributed by atoms with Gasteiger partial charge in [-0.1, -0.05) is 172 Å². The van der Waals surface area contributed by atoms with Crippen LogP contribution < -0.4 is 5.32 Å². The second-order valence-corrected chi connectivity index (χ2v) is 17.7. The Bertz CT molecular complexity index is 1220. The first-order valence-electron chi connectivity index (χ1n) is 24.2. The zero-order valence-corrected chi connectivity index (χ0v) is 39.4. The van der Waals surface area contributed by atoms with E-state index < -0.39 is 57.6 Å². The average Bonchev–Trinajstić information content (AvgIpc) is 3.24. The van der Waals surface area contributed by atoms with Crippen LogP contribution in [-0.2, 0) is 32.7 Å². The first-order valence-corrected chi connectivity index (χ1v) is 25.7. The Morgan fingerprint density at radius 1 is 0.525 bits per heavy atom. The number of unbranched alkanes of at least 4 members (excludes halogenated alkanes) is 23. The van der Waals surface area contributed by atoms with Crippen molar-refractivity contribution in [1.29, 1.82) is 0 Å². The van der Waals surface area contributed by atoms with Crippen molar-refractivity contribution in [2.45, 2.75) is 225 Å². The van der Waals surface area contributed by atoms with Crippen molar-refractivity contribution >= 4 is 25.7 Å². The van der Waals surface area contributed by atoms with Gasteiger partial charge in [0.15, 0.2) is 6.04 Å². The number of ether oxygens (including phenoxy) is 1. The molecule has 4 N–H and O–H groups in total. The summed E-state index contributed by atoms with van der Waals surface area (Å²) in [5, 5.41) is 21.9. The first-order chi connectivity index (χ1) is 29.6. The molecule has 0 aromatic rings. The van der Waals surface area contributed by atoms with E-state index in [-0.39, 0.29) is 12.8 Å². The van der Waals surface area contributed by atoms with Crippen LogP contribution in [0.1, 0.15) is 213 Å². The number of carboxylic acid groups (broad SMARTS) is 1. The van der Waals surface area contributed by atoms with Gasteiger partial charge in [-0.05, 0) is 77.0 Å². The number of aliphatic carboxylic acids is 1. The minimum Gasteiger partial charge on any atom is -0.480 e. The fourth-order valence-corrected chi connectivity index (χ4v) is 7.32. The van der Waals surface area contributed by atoms with E-state index in [0.29, 0.717) is 12.8 Å². The molecule has 3 unspecified atom stereocenters. The number of phosphoric acid groups is 1. The number of rotatable bonds is 45. The molecular weight excluding hydrogens is 794 g/mol. The van der Waals surface area contributed by atoms with Crippen LogP contribution in [-0.4, -0.2) is 64.9 Å². The summed E-state index contributed by atoms with van der Waals surface area (Å²) in [6.07, 6.45) is 49.8. The molecule has 0 aliphatic rings. The maximum absolute atomic E-state index is 12.4. The van der Waals surface area contributed by atoms with E-state index in [9.17, 15) is 34.1 Å². The van der Waals surface area contributed by atoms with Gasteiger partial charge in [-0.25, -0.2) is 9.36 Å². The number of allylic oxidation sites excluding steroid dienone is 8. The number of esters is 1. The van der Waals surface area contributed by atoms with Gasteiger partial charge in [0.1, 0.15) is 12.7 Å². The van der Waals surface area contributed by atoms with Gasteiger partial charge in [0.05, 0.1) is 13.2 Å². The van der Waals surface area contributed by atoms with E-state index in [1.165, 1.54) is 89.9 Å². The largest absolute Gasteiger partial charge is 0.480 e. The third-order valence-corrected chi connectivity index (χ3v) is 11.3. The van der Waals surface area contributed by atoms with Gasteiger partial charge >= 0.3 is 19.8 Å². The molecule has 12 heteroatoms. The second kappa shape index (κ2) is 44.1. The van der Waals surface area contributed by atoms with E-state index in [0.717, 1.165) is 83.5 Å². The quantitative estimate of drug-likeness (QED) is 0.0200. The normalized spacial score (nSPS) is 14.0. The number of amides is 1. The third kappa shape index (κ3) is 43.9. The van der Waals surface area contributed by atoms with Gasteiger partial charge in [0.2, 0.25) is 5.91 Å². The van der Waals surface area contributed by atoms with Crippen molar-refractivity contribution in [3.05, 3.63) is 48.6 Å². The molecule has 0 fully saturated rings. The molecule has 1 amide bonds. The predicted molar refractivity (Wildman–Crippen MR) is 249 cm³/mol. The number of hydrogen-bond donors (Lipinski definition) is 4. The molecular formula is C49H88NO10P. The maximum atomic E-state index is 12.4. The van der Waals surface area contributed by atoms with Crippen molar-refractivity contribution < 1.29 is 47.8 Å². The molecule has 0 heterocycles. The molecule has 0 aliphatic heterocycles. The van der Waals surface area contributed by atoms with Gasteiger partial charge in [-0.2, -0.15) is 0 Å². The molecule has 61 heavy (non-hydrogen) atoms. The monoisotopic (exact) mass is 882 g/mol. The summed E-state index contributed by atoms with van der Waals surface area (Å²) in [5.41, 5.74) is 0. The Balaban J connectivity index is 3.87. The summed E-state index contributed by atoms with van der Waals surface area (Å²) in [6, 6.07) is -1.55. The Labute approximate surface area is 371 Å². The molecule has 0 bridgehead atoms. The van der Waals surface area contributed by atoms with E-state index in [1.807, 2.05) is 0 Å². The Morgan fingerprint density at radius 2 is 0.902 bits per heavy atom. The van der Waals surface area contributed by atoms with Gasteiger partial charge in [0.25, 0.3) is 0 Å². The standard InChI is InChI=1S/C49H88NO10P/c1-3-5-7-9-11-13-15-17-19-20-21-22-23-24-25-26-27-28-30-32-34-36-38-40-47(52)50-46(49(54)55)44-60-61(56,57)59-43-45(51)42-58-48(53)41-39-37-35-33-31-29-18-16-14-12-10-8-6-4-2/h11,13,16-19,21-22,45-46,51H,3-10,12,14-15,20,23-44H2,1-2H3,(H,50,52)(H,54,55)(H,56,57)/b13-11-,18-16-,19-17-,22-21-. The van der Waals surface area contributed by atoms with Crippen molar-refractivity contribution in [3.8, 4) is 0 Å². The van der Waals surface area contributed by atoms with E-state index >= 15 is 0 Å². The van der Waals surface area contributed by atoms with Gasteiger partial charge in [-0.3, -0.25) is 18.6 Å². The summed E-state index contributed by atoms with van der Waals surface area (Å²) in [7, 11) is -4.76. The Hall–Kier alpha value is -2.56. The SMILES string of the molecule is CCCCC/C=C\C/C=C\C/C=C\CCCCCCCCCCCCC(=O)NC(COP(=O)(O)OCC(O)COC(=O)CCCCCCC/C=C\CCCCCCC)C(=O)O. The minimum absolute atomic E-state index is 0.139. The van der Waals surface area contributed by atoms with E-state index in [1.54, 1.807) is 0 Å². The maximum Gasteiger partial charge on any atom is 0.472 e. The molecule has 3 atom stereocenters. The molecule has 11 nitrogen and oxygen atoms in total. The van der Waals surface area contributed by atoms with Crippen molar-refractivity contribution in [1.82, 2.24) is 5.32 Å². The summed E-state index contributed by atoms with van der Waals surface area (Å²) < 4.78 is 26.9. The zero-order chi connectivity index (χ0) is 44.9. The summed E-state index contributed by atoms with van der Waals surface area (Å²) in [5.74, 6) is -2.38. The smallest absolute Gasteiger partial charge is 0.472 e. The number of nitrogens with one attached hydrogen (secondary N) is 1. The van der Waals surface area contributed by atoms with Crippen LogP contribution in [0, 0.1) is 0 Å². The molecule has 0 saturated heterocycles. The number of carbonyl (C=O) groups is 3. The Morgan fingerprint density at radius 3 is 1.39 bits per heavy atom. The van der Waals surface area contributed by atoms with Crippen LogP contribution in [0.5, 0.6) is 0 Å². The van der Waals surface area contributed by atoms with E-state index in [2.05, 4.69) is 67.8 Å². The summed E-state index contributed by atoms with van der Waals surface area (Å²) >= 11 is 0. The molecule has 354 valence electrons. The van der Waals surface area contributed by atoms with Gasteiger partial charge in [-0.15, -0.1) is 0 Å². The molecule has 0 saturated carbocycles. The highest BCUT2D eigenvalue weighted by atomic mass is 31.2. The molecule has 0 radical (unpaired) electrons. The lowest BCUT2D eigenvalue weighted by atomic mass is 10.0. The number of phosphoric ester groups is 1. The number of hydrogen-bond acceptors (Lipinski definition) is 8. The highest BCUT2D eigenvalue weighted by Gasteiger charge is 2.28. The fourth-order valence-electron chi connectivity index (χ4n) is 6.55. The number of carbonyl (C=O) groups excluding carboxylic acids is 2. The number of carboxylic acids is 1. The lowest BCUT2D eigenvalue weighted by Gasteiger charge is -2.18. The summed E-state index contributed by atoms with van der Waals surface area (Å²) in [6.45, 7) is 2.56. The highest BCUT2D eigenvalue weighted by Crippen LogP contribution is 2.43. The van der Waals surface area contributed by atoms with Crippen LogP contribution >= 0.6 is 7.82 Å². The van der Waals surface area contributed by atoms with Crippen LogP contribution in [0.3, 0.4) is 0 Å². The van der Waals surface area contributed by atoms with Crippen molar-refractivity contribution in [2.24, 2.45) is 0 Å². The van der Waals surface area contributed by atoms with Gasteiger partial charge < -0.3 is 25.2 Å². The molecule has 0 spiro atoms. The zero-order valence-electron chi connectivity index (χ0n) is 38.5. The van der Waals surface area contributed by atoms with Crippen LogP contribution in [0.2, 0.25) is 0 Å². The average molecular weight is 882 g/mol. The Kier molecular flexibility index (Phi) is 42.2. The lowest BCUT2D eigenvalue weighted by Crippen LogP contribution is -2.43.